The fourth-order valence-corrected chi connectivity index (χ4v) is 2.46. The Morgan fingerprint density at radius 1 is 1.38 bits per heavy atom. The Hall–Kier alpha value is -0.425. The maximum absolute atomic E-state index is 9.11. The van der Waals surface area contributed by atoms with Gasteiger partial charge in [0, 0.05) is 24.9 Å². The molecule has 2 N–H and O–H groups in total. The number of pyridine rings is 1. The van der Waals surface area contributed by atoms with Crippen LogP contribution < -0.4 is 5.46 Å². The van der Waals surface area contributed by atoms with Crippen molar-refractivity contribution in [1.82, 2.24) is 4.98 Å². The quantitative estimate of drug-likeness (QED) is 0.611. The summed E-state index contributed by atoms with van der Waals surface area (Å²) >= 11 is 3.40. The Kier molecular flexibility index (Phi) is 3.97. The predicted molar refractivity (Wildman–Crippen MR) is 64.6 cm³/mol. The van der Waals surface area contributed by atoms with Gasteiger partial charge in [0.05, 0.1) is 0 Å². The van der Waals surface area contributed by atoms with E-state index >= 15 is 0 Å². The SMILES string of the molecule is OB(O)c1cnc(Br)c(C2CCOCC2)c1. The Morgan fingerprint density at radius 2 is 2.06 bits per heavy atom. The van der Waals surface area contributed by atoms with Crippen LogP contribution in [0.1, 0.15) is 24.3 Å². The van der Waals surface area contributed by atoms with E-state index < -0.39 is 7.12 Å². The molecule has 0 spiro atoms. The summed E-state index contributed by atoms with van der Waals surface area (Å²) in [6.45, 7) is 1.51. The second-order valence-corrected chi connectivity index (χ2v) is 4.66. The third-order valence-corrected chi connectivity index (χ3v) is 3.51. The third-order valence-electron chi connectivity index (χ3n) is 2.85. The molecule has 0 unspecified atom stereocenters. The second-order valence-electron chi connectivity index (χ2n) is 3.91. The van der Waals surface area contributed by atoms with Gasteiger partial charge in [0.25, 0.3) is 0 Å². The van der Waals surface area contributed by atoms with Gasteiger partial charge in [0.1, 0.15) is 4.60 Å². The van der Waals surface area contributed by atoms with Crippen LogP contribution in [-0.2, 0) is 4.74 Å². The van der Waals surface area contributed by atoms with E-state index in [1.807, 2.05) is 0 Å². The van der Waals surface area contributed by atoms with Crippen LogP contribution in [0.15, 0.2) is 16.9 Å². The Balaban J connectivity index is 2.27. The summed E-state index contributed by atoms with van der Waals surface area (Å²) in [5, 5.41) is 18.2. The van der Waals surface area contributed by atoms with Gasteiger partial charge in [-0.1, -0.05) is 6.07 Å². The van der Waals surface area contributed by atoms with Gasteiger partial charge in [-0.2, -0.15) is 0 Å². The summed E-state index contributed by atoms with van der Waals surface area (Å²) in [4.78, 5) is 4.13. The molecule has 0 aromatic carbocycles. The molecule has 2 rings (SSSR count). The number of hydrogen-bond acceptors (Lipinski definition) is 4. The monoisotopic (exact) mass is 285 g/mol. The van der Waals surface area contributed by atoms with Gasteiger partial charge in [-0.05, 0) is 40.3 Å². The van der Waals surface area contributed by atoms with Crippen molar-refractivity contribution < 1.29 is 14.8 Å². The highest BCUT2D eigenvalue weighted by atomic mass is 79.9. The van der Waals surface area contributed by atoms with Crippen molar-refractivity contribution in [2.45, 2.75) is 18.8 Å². The molecule has 2 heterocycles. The molecule has 1 aromatic rings. The van der Waals surface area contributed by atoms with Gasteiger partial charge in [-0.15, -0.1) is 0 Å². The van der Waals surface area contributed by atoms with Crippen molar-refractivity contribution in [1.29, 1.82) is 0 Å². The van der Waals surface area contributed by atoms with Crippen molar-refractivity contribution in [3.05, 3.63) is 22.4 Å². The average Bonchev–Trinajstić information content (AvgIpc) is 2.30. The minimum absolute atomic E-state index is 0.384. The summed E-state index contributed by atoms with van der Waals surface area (Å²) in [5.74, 6) is 0.384. The van der Waals surface area contributed by atoms with Crippen molar-refractivity contribution >= 4 is 28.5 Å². The highest BCUT2D eigenvalue weighted by Gasteiger charge is 2.21. The molecule has 0 radical (unpaired) electrons. The highest BCUT2D eigenvalue weighted by molar-refractivity contribution is 9.10. The van der Waals surface area contributed by atoms with Crippen molar-refractivity contribution in [3.63, 3.8) is 0 Å². The Bertz CT molecular complexity index is 369. The molecule has 6 heteroatoms. The van der Waals surface area contributed by atoms with E-state index in [0.29, 0.717) is 11.4 Å². The zero-order valence-corrected chi connectivity index (χ0v) is 10.4. The molecule has 1 aliphatic rings. The van der Waals surface area contributed by atoms with Crippen molar-refractivity contribution in [3.8, 4) is 0 Å². The number of aromatic nitrogens is 1. The molecule has 1 saturated heterocycles. The zero-order valence-electron chi connectivity index (χ0n) is 8.77. The van der Waals surface area contributed by atoms with E-state index in [0.717, 1.165) is 36.2 Å². The maximum Gasteiger partial charge on any atom is 0.490 e. The molecule has 4 nitrogen and oxygen atoms in total. The zero-order chi connectivity index (χ0) is 11.5. The number of rotatable bonds is 2. The number of nitrogens with zero attached hydrogens (tertiary/aromatic N) is 1. The van der Waals surface area contributed by atoms with Gasteiger partial charge in [-0.25, -0.2) is 4.98 Å². The Labute approximate surface area is 103 Å². The van der Waals surface area contributed by atoms with Gasteiger partial charge in [0.15, 0.2) is 0 Å². The lowest BCUT2D eigenvalue weighted by atomic mass is 9.79. The standard InChI is InChI=1S/C10H13BBrNO3/c12-10-9(7-1-3-16-4-2-7)5-8(6-13-10)11(14)15/h5-7,14-15H,1-4H2. The predicted octanol–water partition coefficient (Wildman–Crippen LogP) is 0.418. The first-order valence-electron chi connectivity index (χ1n) is 5.27. The van der Waals surface area contributed by atoms with Crippen LogP contribution in [0.2, 0.25) is 0 Å². The molecule has 16 heavy (non-hydrogen) atoms. The van der Waals surface area contributed by atoms with Crippen LogP contribution in [0, 0.1) is 0 Å². The first-order valence-corrected chi connectivity index (χ1v) is 6.07. The number of hydrogen-bond donors (Lipinski definition) is 2. The lowest BCUT2D eigenvalue weighted by Gasteiger charge is -2.23. The molecule has 1 aromatic heterocycles. The minimum Gasteiger partial charge on any atom is -0.423 e. The molecule has 1 aliphatic heterocycles. The van der Waals surface area contributed by atoms with Crippen LogP contribution in [0.4, 0.5) is 0 Å². The Morgan fingerprint density at radius 3 is 2.69 bits per heavy atom. The molecule has 0 atom stereocenters. The van der Waals surface area contributed by atoms with E-state index in [2.05, 4.69) is 20.9 Å². The summed E-state index contributed by atoms with van der Waals surface area (Å²) in [7, 11) is -1.46. The lowest BCUT2D eigenvalue weighted by molar-refractivity contribution is 0.0851. The van der Waals surface area contributed by atoms with Gasteiger partial charge in [0.2, 0.25) is 0 Å². The van der Waals surface area contributed by atoms with Crippen LogP contribution in [0.5, 0.6) is 0 Å². The second kappa shape index (κ2) is 5.27. The van der Waals surface area contributed by atoms with E-state index in [1.54, 1.807) is 6.07 Å². The highest BCUT2D eigenvalue weighted by Crippen LogP contribution is 2.30. The normalized spacial score (nSPS) is 17.4. The van der Waals surface area contributed by atoms with E-state index in [-0.39, 0.29) is 0 Å². The summed E-state index contributed by atoms with van der Waals surface area (Å²) < 4.78 is 6.09. The first kappa shape index (κ1) is 12.0. The molecule has 0 amide bonds. The van der Waals surface area contributed by atoms with Gasteiger partial charge in [-0.3, -0.25) is 0 Å². The van der Waals surface area contributed by atoms with Gasteiger partial charge >= 0.3 is 7.12 Å². The van der Waals surface area contributed by atoms with Crippen LogP contribution in [0.25, 0.3) is 0 Å². The third kappa shape index (κ3) is 2.63. The summed E-state index contributed by atoms with van der Waals surface area (Å²) in [6.07, 6.45) is 3.37. The summed E-state index contributed by atoms with van der Waals surface area (Å²) in [5.41, 5.74) is 1.47. The van der Waals surface area contributed by atoms with Gasteiger partial charge < -0.3 is 14.8 Å². The minimum atomic E-state index is -1.46. The maximum atomic E-state index is 9.11. The molecule has 0 bridgehead atoms. The number of ether oxygens (including phenoxy) is 1. The van der Waals surface area contributed by atoms with Crippen LogP contribution in [0.3, 0.4) is 0 Å². The fourth-order valence-electron chi connectivity index (χ4n) is 1.92. The molecule has 0 aliphatic carbocycles. The van der Waals surface area contributed by atoms with Crippen molar-refractivity contribution in [2.75, 3.05) is 13.2 Å². The molecular formula is C10H13BBrNO3. The molecule has 86 valence electrons. The first-order chi connectivity index (χ1) is 7.68. The van der Waals surface area contributed by atoms with E-state index in [4.69, 9.17) is 14.8 Å². The smallest absolute Gasteiger partial charge is 0.423 e. The topological polar surface area (TPSA) is 62.6 Å². The molecule has 0 saturated carbocycles. The van der Waals surface area contributed by atoms with E-state index in [1.165, 1.54) is 6.20 Å². The van der Waals surface area contributed by atoms with E-state index in [9.17, 15) is 0 Å². The summed E-state index contributed by atoms with van der Waals surface area (Å²) in [6, 6.07) is 1.80. The number of halogens is 1. The molecule has 1 fully saturated rings. The molecular weight excluding hydrogens is 273 g/mol. The largest absolute Gasteiger partial charge is 0.490 e. The van der Waals surface area contributed by atoms with Crippen molar-refractivity contribution in [2.24, 2.45) is 0 Å². The average molecular weight is 286 g/mol. The fraction of sp³-hybridized carbons (Fsp3) is 0.500. The lowest BCUT2D eigenvalue weighted by Crippen LogP contribution is -2.31. The van der Waals surface area contributed by atoms with Crippen LogP contribution in [-0.4, -0.2) is 35.4 Å². The van der Waals surface area contributed by atoms with Crippen LogP contribution >= 0.6 is 15.9 Å².